The molecule has 2 nitrogen and oxygen atoms in total. The third-order valence-electron chi connectivity index (χ3n) is 5.06. The first kappa shape index (κ1) is 16.1. The predicted octanol–water partition coefficient (Wildman–Crippen LogP) is 4.47. The minimum atomic E-state index is -0.148. The molecule has 0 bridgehead atoms. The highest BCUT2D eigenvalue weighted by atomic mass is 16.1. The molecule has 21 heavy (non-hydrogen) atoms. The van der Waals surface area contributed by atoms with Crippen molar-refractivity contribution in [1.82, 2.24) is 0 Å². The molecular formula is C19H29NO. The zero-order valence-corrected chi connectivity index (χ0v) is 13.3. The van der Waals surface area contributed by atoms with Crippen LogP contribution < -0.4 is 5.73 Å². The Morgan fingerprint density at radius 1 is 1.19 bits per heavy atom. The van der Waals surface area contributed by atoms with Crippen LogP contribution in [0.4, 0.5) is 0 Å². The van der Waals surface area contributed by atoms with Gasteiger partial charge in [-0.3, -0.25) is 4.79 Å². The summed E-state index contributed by atoms with van der Waals surface area (Å²) in [5, 5.41) is 0. The molecule has 1 aromatic carbocycles. The number of carbonyl (C=O) groups is 1. The summed E-state index contributed by atoms with van der Waals surface area (Å²) >= 11 is 0. The van der Waals surface area contributed by atoms with Gasteiger partial charge in [0.15, 0.2) is 0 Å². The second kappa shape index (κ2) is 7.63. The lowest BCUT2D eigenvalue weighted by Crippen LogP contribution is -2.26. The molecule has 2 heteroatoms. The van der Waals surface area contributed by atoms with E-state index in [4.69, 9.17) is 5.73 Å². The molecule has 2 N–H and O–H groups in total. The average molecular weight is 287 g/mol. The van der Waals surface area contributed by atoms with Gasteiger partial charge in [-0.1, -0.05) is 62.9 Å². The standard InChI is InChI=1S/C19H29NO/c1-2-3-4-8-14-19(18(20)21)15-17(19)13-9-12-16-10-6-5-7-11-16/h5-7,10-11,17H,2-4,8-9,12-15H2,1H3,(H2,20,21). The van der Waals surface area contributed by atoms with E-state index in [2.05, 4.69) is 37.3 Å². The van der Waals surface area contributed by atoms with E-state index in [0.29, 0.717) is 5.92 Å². The number of nitrogens with two attached hydrogens (primary N) is 1. The molecule has 2 rings (SSSR count). The van der Waals surface area contributed by atoms with Gasteiger partial charge in [0.25, 0.3) is 0 Å². The molecule has 0 spiro atoms. The Hall–Kier alpha value is -1.31. The van der Waals surface area contributed by atoms with Crippen molar-refractivity contribution in [3.8, 4) is 0 Å². The molecular weight excluding hydrogens is 258 g/mol. The maximum Gasteiger partial charge on any atom is 0.223 e. The van der Waals surface area contributed by atoms with Crippen LogP contribution in [0.2, 0.25) is 0 Å². The summed E-state index contributed by atoms with van der Waals surface area (Å²) in [5.41, 5.74) is 6.93. The van der Waals surface area contributed by atoms with Crippen LogP contribution in [0.25, 0.3) is 0 Å². The summed E-state index contributed by atoms with van der Waals surface area (Å²) in [6.07, 6.45) is 10.4. The van der Waals surface area contributed by atoms with Crippen molar-refractivity contribution in [2.75, 3.05) is 0 Å². The number of carbonyl (C=O) groups excluding carboxylic acids is 1. The van der Waals surface area contributed by atoms with Crippen LogP contribution in [0.3, 0.4) is 0 Å². The molecule has 116 valence electrons. The first-order valence-corrected chi connectivity index (χ1v) is 8.53. The Kier molecular flexibility index (Phi) is 5.84. The highest BCUT2D eigenvalue weighted by Gasteiger charge is 2.57. The molecule has 0 radical (unpaired) electrons. The van der Waals surface area contributed by atoms with Crippen LogP contribution in [0.1, 0.15) is 63.9 Å². The van der Waals surface area contributed by atoms with Gasteiger partial charge in [0.2, 0.25) is 5.91 Å². The molecule has 0 heterocycles. The zero-order chi connectivity index (χ0) is 15.1. The second-order valence-electron chi connectivity index (χ2n) is 6.61. The third kappa shape index (κ3) is 4.33. The Morgan fingerprint density at radius 3 is 2.62 bits per heavy atom. The van der Waals surface area contributed by atoms with Crippen LogP contribution in [0, 0.1) is 11.3 Å². The fourth-order valence-electron chi connectivity index (χ4n) is 3.55. The minimum absolute atomic E-state index is 0.0521. The van der Waals surface area contributed by atoms with Crippen molar-refractivity contribution in [3.05, 3.63) is 35.9 Å². The Morgan fingerprint density at radius 2 is 1.95 bits per heavy atom. The van der Waals surface area contributed by atoms with Crippen molar-refractivity contribution in [3.63, 3.8) is 0 Å². The van der Waals surface area contributed by atoms with E-state index in [1.807, 2.05) is 0 Å². The lowest BCUT2D eigenvalue weighted by Gasteiger charge is -2.13. The van der Waals surface area contributed by atoms with E-state index in [1.54, 1.807) is 0 Å². The van der Waals surface area contributed by atoms with Crippen LogP contribution in [0.15, 0.2) is 30.3 Å². The van der Waals surface area contributed by atoms with Gasteiger partial charge in [-0.2, -0.15) is 0 Å². The summed E-state index contributed by atoms with van der Waals surface area (Å²) in [4.78, 5) is 11.8. The Bertz CT molecular complexity index is 442. The molecule has 0 saturated heterocycles. The van der Waals surface area contributed by atoms with Gasteiger partial charge in [-0.15, -0.1) is 0 Å². The quantitative estimate of drug-likeness (QED) is 0.634. The van der Waals surface area contributed by atoms with Gasteiger partial charge in [0.1, 0.15) is 0 Å². The molecule has 1 aliphatic carbocycles. The number of amides is 1. The normalized spacial score (nSPS) is 24.0. The van der Waals surface area contributed by atoms with Crippen LogP contribution in [-0.4, -0.2) is 5.91 Å². The molecule has 2 unspecified atom stereocenters. The topological polar surface area (TPSA) is 43.1 Å². The number of benzene rings is 1. The molecule has 1 fully saturated rings. The van der Waals surface area contributed by atoms with Crippen molar-refractivity contribution < 1.29 is 4.79 Å². The third-order valence-corrected chi connectivity index (χ3v) is 5.06. The summed E-state index contributed by atoms with van der Waals surface area (Å²) in [6.45, 7) is 2.22. The summed E-state index contributed by atoms with van der Waals surface area (Å²) in [7, 11) is 0. The molecule has 0 aromatic heterocycles. The van der Waals surface area contributed by atoms with E-state index >= 15 is 0 Å². The lowest BCUT2D eigenvalue weighted by molar-refractivity contribution is -0.124. The molecule has 2 atom stereocenters. The maximum absolute atomic E-state index is 11.8. The smallest absolute Gasteiger partial charge is 0.223 e. The van der Waals surface area contributed by atoms with Crippen molar-refractivity contribution in [2.45, 2.75) is 64.7 Å². The monoisotopic (exact) mass is 287 g/mol. The van der Waals surface area contributed by atoms with Crippen molar-refractivity contribution in [1.29, 1.82) is 0 Å². The number of rotatable bonds is 10. The van der Waals surface area contributed by atoms with Gasteiger partial charge < -0.3 is 5.73 Å². The van der Waals surface area contributed by atoms with Gasteiger partial charge in [-0.05, 0) is 43.6 Å². The van der Waals surface area contributed by atoms with Gasteiger partial charge in [0, 0.05) is 0 Å². The van der Waals surface area contributed by atoms with E-state index in [0.717, 1.165) is 32.1 Å². The largest absolute Gasteiger partial charge is 0.369 e. The van der Waals surface area contributed by atoms with E-state index in [1.165, 1.54) is 31.2 Å². The molecule has 1 amide bonds. The van der Waals surface area contributed by atoms with Gasteiger partial charge in [-0.25, -0.2) is 0 Å². The molecule has 1 aliphatic rings. The van der Waals surface area contributed by atoms with E-state index in [9.17, 15) is 4.79 Å². The Labute approximate surface area is 129 Å². The average Bonchev–Trinajstić information content (AvgIpc) is 3.20. The van der Waals surface area contributed by atoms with Crippen LogP contribution in [-0.2, 0) is 11.2 Å². The summed E-state index contributed by atoms with van der Waals surface area (Å²) in [6, 6.07) is 10.6. The molecule has 1 aromatic rings. The minimum Gasteiger partial charge on any atom is -0.369 e. The summed E-state index contributed by atoms with van der Waals surface area (Å²) < 4.78 is 0. The van der Waals surface area contributed by atoms with Crippen LogP contribution >= 0.6 is 0 Å². The van der Waals surface area contributed by atoms with Gasteiger partial charge >= 0.3 is 0 Å². The first-order chi connectivity index (χ1) is 10.2. The van der Waals surface area contributed by atoms with E-state index < -0.39 is 0 Å². The summed E-state index contributed by atoms with van der Waals surface area (Å²) in [5.74, 6) is 0.490. The second-order valence-corrected chi connectivity index (χ2v) is 6.61. The predicted molar refractivity (Wildman–Crippen MR) is 87.9 cm³/mol. The Balaban J connectivity index is 1.72. The number of aryl methyl sites for hydroxylation is 1. The molecule has 0 aliphatic heterocycles. The maximum atomic E-state index is 11.8. The zero-order valence-electron chi connectivity index (χ0n) is 13.3. The number of hydrogen-bond donors (Lipinski definition) is 1. The van der Waals surface area contributed by atoms with Crippen LogP contribution in [0.5, 0.6) is 0 Å². The number of hydrogen-bond acceptors (Lipinski definition) is 1. The fraction of sp³-hybridized carbons (Fsp3) is 0.632. The van der Waals surface area contributed by atoms with Crippen molar-refractivity contribution >= 4 is 5.91 Å². The number of unbranched alkanes of at least 4 members (excludes halogenated alkanes) is 3. The first-order valence-electron chi connectivity index (χ1n) is 8.53. The highest BCUT2D eigenvalue weighted by molar-refractivity contribution is 5.84. The van der Waals surface area contributed by atoms with Crippen molar-refractivity contribution in [2.24, 2.45) is 17.1 Å². The van der Waals surface area contributed by atoms with E-state index in [-0.39, 0.29) is 11.3 Å². The highest BCUT2D eigenvalue weighted by Crippen LogP contribution is 2.58. The lowest BCUT2D eigenvalue weighted by atomic mass is 9.92. The fourth-order valence-corrected chi connectivity index (χ4v) is 3.55. The van der Waals surface area contributed by atoms with Gasteiger partial charge in [0.05, 0.1) is 5.41 Å². The SMILES string of the molecule is CCCCCCC1(C(N)=O)CC1CCCc1ccccc1. The molecule has 1 saturated carbocycles. The number of primary amides is 1.